The summed E-state index contributed by atoms with van der Waals surface area (Å²) >= 11 is 5.72. The molecule has 0 spiro atoms. The van der Waals surface area contributed by atoms with Crippen LogP contribution in [0.1, 0.15) is 11.1 Å². The molecule has 118 valence electrons. The molecule has 23 heavy (non-hydrogen) atoms. The molecule has 7 nitrogen and oxygen atoms in total. The second-order valence-corrected chi connectivity index (χ2v) is 5.15. The fourth-order valence-electron chi connectivity index (χ4n) is 1.93. The van der Waals surface area contributed by atoms with Gasteiger partial charge in [0, 0.05) is 11.8 Å². The van der Waals surface area contributed by atoms with Gasteiger partial charge in [-0.05, 0) is 23.8 Å². The molecule has 1 N–H and O–H groups in total. The minimum absolute atomic E-state index is 0.166. The molecule has 0 amide bonds. The van der Waals surface area contributed by atoms with Crippen molar-refractivity contribution in [3.05, 3.63) is 79.9 Å². The first-order valence-electron chi connectivity index (χ1n) is 6.73. The maximum Gasteiger partial charge on any atom is 0.440 e. The Morgan fingerprint density at radius 3 is 2.48 bits per heavy atom. The van der Waals surface area contributed by atoms with Gasteiger partial charge < -0.3 is 9.26 Å². The molecule has 0 aliphatic rings. The first-order chi connectivity index (χ1) is 11.1. The summed E-state index contributed by atoms with van der Waals surface area (Å²) in [4.78, 5) is 28.3. The van der Waals surface area contributed by atoms with Gasteiger partial charge in [0.25, 0.3) is 0 Å². The minimum atomic E-state index is -0.772. The van der Waals surface area contributed by atoms with Crippen LogP contribution in [0.5, 0.6) is 5.75 Å². The fourth-order valence-corrected chi connectivity index (χ4v) is 2.05. The summed E-state index contributed by atoms with van der Waals surface area (Å²) in [5.74, 6) is -0.0990. The van der Waals surface area contributed by atoms with Crippen molar-refractivity contribution < 1.29 is 9.26 Å². The van der Waals surface area contributed by atoms with Crippen LogP contribution in [0.2, 0.25) is 5.15 Å². The van der Waals surface area contributed by atoms with Gasteiger partial charge in [0.05, 0.1) is 6.54 Å². The van der Waals surface area contributed by atoms with E-state index in [4.69, 9.17) is 20.9 Å². The molecule has 0 fully saturated rings. The molecule has 2 aromatic heterocycles. The van der Waals surface area contributed by atoms with Crippen molar-refractivity contribution in [3.8, 4) is 5.75 Å². The highest BCUT2D eigenvalue weighted by atomic mass is 35.5. The number of aromatic nitrogens is 3. The zero-order valence-corrected chi connectivity index (χ0v) is 12.6. The Labute approximate surface area is 135 Å². The Kier molecular flexibility index (Phi) is 4.29. The van der Waals surface area contributed by atoms with Crippen molar-refractivity contribution >= 4 is 11.6 Å². The Morgan fingerprint density at radius 2 is 1.87 bits per heavy atom. The van der Waals surface area contributed by atoms with Gasteiger partial charge in [0.1, 0.15) is 17.5 Å². The van der Waals surface area contributed by atoms with Gasteiger partial charge in [0.2, 0.25) is 0 Å². The van der Waals surface area contributed by atoms with Gasteiger partial charge in [-0.15, -0.1) is 4.74 Å². The zero-order chi connectivity index (χ0) is 16.2. The second-order valence-electron chi connectivity index (χ2n) is 4.77. The van der Waals surface area contributed by atoms with Gasteiger partial charge in [0.15, 0.2) is 0 Å². The summed E-state index contributed by atoms with van der Waals surface area (Å²) in [7, 11) is 0. The molecule has 0 saturated heterocycles. The molecule has 8 heteroatoms. The van der Waals surface area contributed by atoms with Gasteiger partial charge in [-0.3, -0.25) is 0 Å². The predicted octanol–water partition coefficient (Wildman–Crippen LogP) is 1.81. The molecular formula is C15H12ClN3O4. The molecule has 0 atom stereocenters. The lowest BCUT2D eigenvalue weighted by molar-refractivity contribution is 0.258. The Morgan fingerprint density at radius 1 is 1.13 bits per heavy atom. The average Bonchev–Trinajstić information content (AvgIpc) is 2.86. The number of nitrogens with one attached hydrogen (secondary N) is 1. The third kappa shape index (κ3) is 3.89. The van der Waals surface area contributed by atoms with Crippen LogP contribution in [-0.2, 0) is 13.2 Å². The van der Waals surface area contributed by atoms with Gasteiger partial charge >= 0.3 is 11.4 Å². The summed E-state index contributed by atoms with van der Waals surface area (Å²) in [5.41, 5.74) is 1.13. The van der Waals surface area contributed by atoms with Crippen LogP contribution < -0.4 is 16.2 Å². The number of ether oxygens (including phenoxy) is 1. The van der Waals surface area contributed by atoms with Crippen molar-refractivity contribution in [2.75, 3.05) is 0 Å². The molecule has 0 bridgehead atoms. The van der Waals surface area contributed by atoms with Gasteiger partial charge in [-0.1, -0.05) is 29.8 Å². The molecule has 0 aliphatic carbocycles. The van der Waals surface area contributed by atoms with Gasteiger partial charge in [-0.2, -0.15) is 0 Å². The summed E-state index contributed by atoms with van der Waals surface area (Å²) in [6.45, 7) is 0.536. The monoisotopic (exact) mass is 333 g/mol. The number of aromatic amines is 1. The number of rotatable bonds is 5. The number of hydrogen-bond donors (Lipinski definition) is 1. The summed E-state index contributed by atoms with van der Waals surface area (Å²) < 4.78 is 11.3. The first-order valence-corrected chi connectivity index (χ1v) is 7.10. The summed E-state index contributed by atoms with van der Waals surface area (Å²) in [6.07, 6.45) is 1.65. The Hall–Kier alpha value is -2.80. The van der Waals surface area contributed by atoms with Crippen LogP contribution in [0, 0.1) is 0 Å². The number of hydrogen-bond acceptors (Lipinski definition) is 5. The Bertz CT molecular complexity index is 894. The van der Waals surface area contributed by atoms with Crippen LogP contribution in [0.15, 0.2) is 56.7 Å². The average molecular weight is 334 g/mol. The summed E-state index contributed by atoms with van der Waals surface area (Å²) in [6, 6.07) is 10.7. The molecule has 1 aromatic carbocycles. The lowest BCUT2D eigenvalue weighted by Crippen LogP contribution is -2.17. The van der Waals surface area contributed by atoms with Crippen molar-refractivity contribution in [1.82, 2.24) is 14.7 Å². The molecular weight excluding hydrogens is 322 g/mol. The van der Waals surface area contributed by atoms with Crippen molar-refractivity contribution in [3.63, 3.8) is 0 Å². The molecule has 2 heterocycles. The fraction of sp³-hybridized carbons (Fsp3) is 0.133. The highest BCUT2D eigenvalue weighted by Gasteiger charge is 2.04. The lowest BCUT2D eigenvalue weighted by atomic mass is 10.2. The molecule has 0 saturated carbocycles. The highest BCUT2D eigenvalue weighted by molar-refractivity contribution is 6.29. The van der Waals surface area contributed by atoms with Crippen LogP contribution in [0.3, 0.4) is 0 Å². The van der Waals surface area contributed by atoms with E-state index in [2.05, 4.69) is 4.98 Å². The van der Waals surface area contributed by atoms with E-state index in [1.807, 2.05) is 11.1 Å². The van der Waals surface area contributed by atoms with E-state index in [9.17, 15) is 9.59 Å². The van der Waals surface area contributed by atoms with Crippen molar-refractivity contribution in [2.45, 2.75) is 13.2 Å². The van der Waals surface area contributed by atoms with E-state index in [0.717, 1.165) is 15.9 Å². The number of pyridine rings is 1. The minimum Gasteiger partial charge on any atom is -0.489 e. The smallest absolute Gasteiger partial charge is 0.440 e. The van der Waals surface area contributed by atoms with Crippen LogP contribution in [0.4, 0.5) is 0 Å². The normalized spacial score (nSPS) is 10.7. The highest BCUT2D eigenvalue weighted by Crippen LogP contribution is 2.15. The van der Waals surface area contributed by atoms with E-state index < -0.39 is 11.4 Å². The maximum absolute atomic E-state index is 11.4. The van der Waals surface area contributed by atoms with E-state index in [-0.39, 0.29) is 6.54 Å². The molecule has 3 aromatic rings. The SMILES string of the molecule is O=c1[nH]c(=O)n(Cc2ccc(OCc3ccc(Cl)nc3)cc2)o1. The third-order valence-electron chi connectivity index (χ3n) is 3.07. The number of H-pyrrole nitrogens is 1. The van der Waals surface area contributed by atoms with Crippen LogP contribution >= 0.6 is 11.6 Å². The Balaban J connectivity index is 1.62. The summed E-state index contributed by atoms with van der Waals surface area (Å²) in [5, 5.41) is 0.435. The molecule has 0 radical (unpaired) electrons. The largest absolute Gasteiger partial charge is 0.489 e. The van der Waals surface area contributed by atoms with E-state index in [1.54, 1.807) is 36.5 Å². The van der Waals surface area contributed by atoms with Crippen molar-refractivity contribution in [2.24, 2.45) is 0 Å². The zero-order valence-electron chi connectivity index (χ0n) is 11.9. The molecule has 0 aliphatic heterocycles. The van der Waals surface area contributed by atoms with Crippen LogP contribution in [-0.4, -0.2) is 14.7 Å². The lowest BCUT2D eigenvalue weighted by Gasteiger charge is -2.07. The van der Waals surface area contributed by atoms with Crippen molar-refractivity contribution in [1.29, 1.82) is 0 Å². The maximum atomic E-state index is 11.4. The topological polar surface area (TPSA) is 90.1 Å². The van der Waals surface area contributed by atoms with Gasteiger partial charge in [-0.25, -0.2) is 19.6 Å². The third-order valence-corrected chi connectivity index (χ3v) is 3.30. The molecule has 0 unspecified atom stereocenters. The quantitative estimate of drug-likeness (QED) is 0.719. The second kappa shape index (κ2) is 6.53. The van der Waals surface area contributed by atoms with E-state index in [0.29, 0.717) is 17.5 Å². The molecule has 3 rings (SSSR count). The number of benzene rings is 1. The first kappa shape index (κ1) is 15.1. The van der Waals surface area contributed by atoms with E-state index >= 15 is 0 Å². The van der Waals surface area contributed by atoms with E-state index in [1.165, 1.54) is 0 Å². The van der Waals surface area contributed by atoms with Crippen LogP contribution in [0.25, 0.3) is 0 Å². The predicted molar refractivity (Wildman–Crippen MR) is 82.7 cm³/mol. The number of nitrogens with zero attached hydrogens (tertiary/aromatic N) is 2. The standard InChI is InChI=1S/C15H12ClN3O4/c16-13-6-3-11(7-17-13)9-22-12-4-1-10(2-5-12)8-19-14(20)18-15(21)23-19/h1-7H,8-9H2,(H,18,20,21). The number of halogens is 1.